The van der Waals surface area contributed by atoms with Gasteiger partial charge in [-0.05, 0) is 30.0 Å². The van der Waals surface area contributed by atoms with Gasteiger partial charge in [0.2, 0.25) is 0 Å². The summed E-state index contributed by atoms with van der Waals surface area (Å²) < 4.78 is 1.73. The Labute approximate surface area is 101 Å². The van der Waals surface area contributed by atoms with Gasteiger partial charge >= 0.3 is 0 Å². The van der Waals surface area contributed by atoms with Crippen LogP contribution in [0.1, 0.15) is 22.9 Å². The Kier molecular flexibility index (Phi) is 3.49. The van der Waals surface area contributed by atoms with Gasteiger partial charge in [0.1, 0.15) is 0 Å². The lowest BCUT2D eigenvalue weighted by Gasteiger charge is -2.15. The summed E-state index contributed by atoms with van der Waals surface area (Å²) in [4.78, 5) is 0. The Balaban J connectivity index is 2.39. The van der Waals surface area contributed by atoms with Crippen molar-refractivity contribution >= 4 is 0 Å². The normalized spacial score (nSPS) is 12.6. The number of likely N-dealkylation sites (N-methyl/N-ethyl adjacent to an activating group) is 1. The Bertz CT molecular complexity index is 491. The van der Waals surface area contributed by atoms with E-state index < -0.39 is 0 Å². The molecule has 1 unspecified atom stereocenters. The van der Waals surface area contributed by atoms with Gasteiger partial charge in [-0.15, -0.1) is 5.10 Å². The average Bonchev–Trinajstić information content (AvgIpc) is 2.72. The summed E-state index contributed by atoms with van der Waals surface area (Å²) in [5, 5.41) is 14.9. The summed E-state index contributed by atoms with van der Waals surface area (Å²) in [6, 6.07) is 8.45. The number of rotatable bonds is 4. The molecule has 0 bridgehead atoms. The second-order valence-electron chi connectivity index (χ2n) is 4.19. The van der Waals surface area contributed by atoms with Crippen molar-refractivity contribution in [2.75, 3.05) is 13.6 Å². The minimum atomic E-state index is 0.180. The highest BCUT2D eigenvalue weighted by molar-refractivity contribution is 5.29. The summed E-state index contributed by atoms with van der Waals surface area (Å²) in [6.45, 7) is 2.91. The smallest absolute Gasteiger partial charge is 0.159 e. The third kappa shape index (κ3) is 2.50. The monoisotopic (exact) mass is 231 g/mol. The molecule has 90 valence electrons. The number of nitrogens with zero attached hydrogens (tertiary/aromatic N) is 4. The second-order valence-corrected chi connectivity index (χ2v) is 4.19. The van der Waals surface area contributed by atoms with Crippen molar-refractivity contribution in [3.63, 3.8) is 0 Å². The fraction of sp³-hybridized carbons (Fsp3) is 0.417. The Morgan fingerprint density at radius 2 is 2.24 bits per heavy atom. The molecule has 0 fully saturated rings. The molecule has 0 aliphatic carbocycles. The predicted octanol–water partition coefficient (Wildman–Crippen LogP) is 0.870. The van der Waals surface area contributed by atoms with E-state index in [1.54, 1.807) is 4.68 Å². The zero-order valence-electron chi connectivity index (χ0n) is 10.4. The molecule has 0 saturated heterocycles. The van der Waals surface area contributed by atoms with Gasteiger partial charge in [-0.25, -0.2) is 4.68 Å². The zero-order valence-corrected chi connectivity index (χ0v) is 10.4. The quantitative estimate of drug-likeness (QED) is 0.848. The number of benzene rings is 1. The first kappa shape index (κ1) is 11.7. The second kappa shape index (κ2) is 5.05. The van der Waals surface area contributed by atoms with Crippen molar-refractivity contribution < 1.29 is 0 Å². The lowest BCUT2D eigenvalue weighted by molar-refractivity contribution is 0.611. The van der Waals surface area contributed by atoms with E-state index in [0.717, 1.165) is 12.4 Å². The summed E-state index contributed by atoms with van der Waals surface area (Å²) in [5.74, 6) is 1.06. The van der Waals surface area contributed by atoms with Crippen LogP contribution >= 0.6 is 0 Å². The van der Waals surface area contributed by atoms with E-state index in [0.29, 0.717) is 0 Å². The van der Waals surface area contributed by atoms with E-state index in [-0.39, 0.29) is 5.92 Å². The van der Waals surface area contributed by atoms with Gasteiger partial charge < -0.3 is 5.32 Å². The highest BCUT2D eigenvalue weighted by atomic mass is 15.5. The van der Waals surface area contributed by atoms with Gasteiger partial charge in [-0.3, -0.25) is 0 Å². The third-order valence-electron chi connectivity index (χ3n) is 2.82. The molecular weight excluding hydrogens is 214 g/mol. The molecule has 0 radical (unpaired) electrons. The lowest BCUT2D eigenvalue weighted by atomic mass is 9.96. The Morgan fingerprint density at radius 1 is 1.41 bits per heavy atom. The minimum absolute atomic E-state index is 0.180. The minimum Gasteiger partial charge on any atom is -0.319 e. The number of nitrogens with one attached hydrogen (secondary N) is 1. The molecule has 0 amide bonds. The van der Waals surface area contributed by atoms with Crippen molar-refractivity contribution in [1.82, 2.24) is 25.5 Å². The summed E-state index contributed by atoms with van der Waals surface area (Å²) in [6.07, 6.45) is 0. The first-order valence-electron chi connectivity index (χ1n) is 5.65. The molecule has 0 saturated carbocycles. The van der Waals surface area contributed by atoms with E-state index in [1.807, 2.05) is 14.1 Å². The molecule has 0 aliphatic rings. The highest BCUT2D eigenvalue weighted by Gasteiger charge is 2.19. The highest BCUT2D eigenvalue weighted by Crippen LogP contribution is 2.22. The van der Waals surface area contributed by atoms with Crippen LogP contribution in [0.25, 0.3) is 0 Å². The fourth-order valence-corrected chi connectivity index (χ4v) is 1.98. The van der Waals surface area contributed by atoms with E-state index >= 15 is 0 Å². The van der Waals surface area contributed by atoms with Gasteiger partial charge in [0.05, 0.1) is 5.92 Å². The van der Waals surface area contributed by atoms with E-state index in [9.17, 15) is 0 Å². The van der Waals surface area contributed by atoms with Gasteiger partial charge in [0.25, 0.3) is 0 Å². The van der Waals surface area contributed by atoms with Gasteiger partial charge in [0, 0.05) is 13.6 Å². The molecule has 2 rings (SSSR count). The SMILES string of the molecule is CNCC(c1cccc(C)c1)c1nnnn1C. The van der Waals surface area contributed by atoms with Crippen molar-refractivity contribution in [3.8, 4) is 0 Å². The summed E-state index contributed by atoms with van der Waals surface area (Å²) in [5.41, 5.74) is 2.48. The fourth-order valence-electron chi connectivity index (χ4n) is 1.98. The first-order valence-corrected chi connectivity index (χ1v) is 5.65. The third-order valence-corrected chi connectivity index (χ3v) is 2.82. The molecule has 1 N–H and O–H groups in total. The van der Waals surface area contributed by atoms with Gasteiger partial charge in [-0.1, -0.05) is 29.8 Å². The maximum atomic E-state index is 4.10. The number of tetrazole rings is 1. The topological polar surface area (TPSA) is 55.6 Å². The molecule has 2 aromatic rings. The molecule has 17 heavy (non-hydrogen) atoms. The molecule has 5 heteroatoms. The largest absolute Gasteiger partial charge is 0.319 e. The van der Waals surface area contributed by atoms with Gasteiger partial charge in [-0.2, -0.15) is 0 Å². The summed E-state index contributed by atoms with van der Waals surface area (Å²) >= 11 is 0. The molecule has 1 atom stereocenters. The maximum absolute atomic E-state index is 4.10. The van der Waals surface area contributed by atoms with Crippen molar-refractivity contribution in [2.24, 2.45) is 7.05 Å². The number of hydrogen-bond donors (Lipinski definition) is 1. The zero-order chi connectivity index (χ0) is 12.3. The van der Waals surface area contributed by atoms with Crippen LogP contribution in [-0.4, -0.2) is 33.8 Å². The van der Waals surface area contributed by atoms with Crippen LogP contribution in [0, 0.1) is 6.92 Å². The van der Waals surface area contributed by atoms with Crippen LogP contribution in [-0.2, 0) is 7.05 Å². The Morgan fingerprint density at radius 3 is 2.82 bits per heavy atom. The molecule has 1 heterocycles. The van der Waals surface area contributed by atoms with Crippen LogP contribution in [0.4, 0.5) is 0 Å². The molecule has 0 spiro atoms. The van der Waals surface area contributed by atoms with Crippen molar-refractivity contribution in [1.29, 1.82) is 0 Å². The molecule has 1 aromatic carbocycles. The van der Waals surface area contributed by atoms with Crippen LogP contribution in [0.15, 0.2) is 24.3 Å². The standard InChI is InChI=1S/C12H17N5/c1-9-5-4-6-10(7-9)11(8-13-2)12-14-15-16-17(12)3/h4-7,11,13H,8H2,1-3H3. The number of aromatic nitrogens is 4. The lowest BCUT2D eigenvalue weighted by Crippen LogP contribution is -2.21. The van der Waals surface area contributed by atoms with E-state index in [2.05, 4.69) is 52.0 Å². The van der Waals surface area contributed by atoms with E-state index in [4.69, 9.17) is 0 Å². The molecular formula is C12H17N5. The molecule has 5 nitrogen and oxygen atoms in total. The van der Waals surface area contributed by atoms with Crippen LogP contribution in [0.2, 0.25) is 0 Å². The van der Waals surface area contributed by atoms with Crippen molar-refractivity contribution in [3.05, 3.63) is 41.2 Å². The number of aryl methyl sites for hydroxylation is 2. The van der Waals surface area contributed by atoms with Crippen LogP contribution in [0.3, 0.4) is 0 Å². The predicted molar refractivity (Wildman–Crippen MR) is 65.7 cm³/mol. The molecule has 0 aliphatic heterocycles. The molecule has 1 aromatic heterocycles. The van der Waals surface area contributed by atoms with E-state index in [1.165, 1.54) is 11.1 Å². The first-order chi connectivity index (χ1) is 8.22. The van der Waals surface area contributed by atoms with Crippen LogP contribution < -0.4 is 5.32 Å². The Hall–Kier alpha value is -1.75. The van der Waals surface area contributed by atoms with Gasteiger partial charge in [0.15, 0.2) is 5.82 Å². The maximum Gasteiger partial charge on any atom is 0.159 e. The van der Waals surface area contributed by atoms with Crippen molar-refractivity contribution in [2.45, 2.75) is 12.8 Å². The van der Waals surface area contributed by atoms with Crippen LogP contribution in [0.5, 0.6) is 0 Å². The number of hydrogen-bond acceptors (Lipinski definition) is 4. The average molecular weight is 231 g/mol. The summed E-state index contributed by atoms with van der Waals surface area (Å²) in [7, 11) is 3.81.